The molecule has 0 aromatic heterocycles. The number of carboxylic acid groups (broad SMARTS) is 1. The zero-order valence-electron chi connectivity index (χ0n) is 23.1. The second kappa shape index (κ2) is 11.2. The molecule has 2 aliphatic rings. The summed E-state index contributed by atoms with van der Waals surface area (Å²) in [5, 5.41) is 26.7. The molecule has 0 radical (unpaired) electrons. The Morgan fingerprint density at radius 1 is 1.22 bits per heavy atom. The normalized spacial score (nSPS) is 27.7. The van der Waals surface area contributed by atoms with Gasteiger partial charge in [0.05, 0.1) is 28.2 Å². The highest BCUT2D eigenvalue weighted by molar-refractivity contribution is 6.31. The summed E-state index contributed by atoms with van der Waals surface area (Å²) in [4.78, 5) is 26.2. The predicted molar refractivity (Wildman–Crippen MR) is 154 cm³/mol. The van der Waals surface area contributed by atoms with Gasteiger partial charge in [-0.3, -0.25) is 4.79 Å². The van der Waals surface area contributed by atoms with Crippen molar-refractivity contribution in [1.29, 1.82) is 5.26 Å². The number of benzene rings is 2. The van der Waals surface area contributed by atoms with E-state index in [0.717, 1.165) is 6.07 Å². The standard InChI is InChI=1S/C31H31Cl2F2N3O3/c1-29(2,3)15-23-31(16-36,19-12-11-17(32)14-22(19)34)24(18-8-7-10-21(33)25(18)35)26(37-23)27(39)38-30(4)13-6-5-9-20(30)28(40)41/h5-12,14,23-24,26,37H,13,15H2,1-4H3,(H,38,39)(H,40,41). The minimum Gasteiger partial charge on any atom is -0.478 e. The topological polar surface area (TPSA) is 102 Å². The van der Waals surface area contributed by atoms with Gasteiger partial charge in [0.1, 0.15) is 17.0 Å². The molecule has 1 saturated heterocycles. The molecule has 1 aliphatic heterocycles. The zero-order chi connectivity index (χ0) is 30.3. The van der Waals surface area contributed by atoms with Gasteiger partial charge in [0.25, 0.3) is 0 Å². The monoisotopic (exact) mass is 601 g/mol. The highest BCUT2D eigenvalue weighted by Gasteiger charge is 2.61. The van der Waals surface area contributed by atoms with Crippen LogP contribution in [0.1, 0.15) is 57.6 Å². The summed E-state index contributed by atoms with van der Waals surface area (Å²) < 4.78 is 31.6. The van der Waals surface area contributed by atoms with E-state index in [-0.39, 0.29) is 33.2 Å². The average Bonchev–Trinajstić information content (AvgIpc) is 3.18. The fourth-order valence-corrected chi connectivity index (χ4v) is 6.43. The molecule has 2 aromatic carbocycles. The number of nitriles is 1. The molecule has 10 heteroatoms. The van der Waals surface area contributed by atoms with Crippen LogP contribution in [0.5, 0.6) is 0 Å². The number of carbonyl (C=O) groups is 2. The number of halogens is 4. The molecule has 1 aliphatic carbocycles. The maximum absolute atomic E-state index is 15.8. The lowest BCUT2D eigenvalue weighted by atomic mass is 9.62. The first-order chi connectivity index (χ1) is 19.1. The van der Waals surface area contributed by atoms with E-state index in [1.807, 2.05) is 20.8 Å². The van der Waals surface area contributed by atoms with Crippen LogP contribution < -0.4 is 10.6 Å². The van der Waals surface area contributed by atoms with Gasteiger partial charge < -0.3 is 15.7 Å². The Balaban J connectivity index is 1.96. The minimum atomic E-state index is -1.78. The van der Waals surface area contributed by atoms with Crippen molar-refractivity contribution in [3.8, 4) is 6.07 Å². The number of carboxylic acids is 1. The lowest BCUT2D eigenvalue weighted by Crippen LogP contribution is -2.56. The van der Waals surface area contributed by atoms with Crippen LogP contribution in [-0.2, 0) is 15.0 Å². The lowest BCUT2D eigenvalue weighted by molar-refractivity contribution is -0.133. The lowest BCUT2D eigenvalue weighted by Gasteiger charge is -2.38. The van der Waals surface area contributed by atoms with Crippen molar-refractivity contribution < 1.29 is 23.5 Å². The Bertz CT molecular complexity index is 1500. The maximum atomic E-state index is 15.8. The Hall–Kier alpha value is -3.25. The van der Waals surface area contributed by atoms with Crippen LogP contribution in [-0.4, -0.2) is 34.6 Å². The first kappa shape index (κ1) is 30.7. The number of rotatable bonds is 6. The first-order valence-electron chi connectivity index (χ1n) is 13.1. The highest BCUT2D eigenvalue weighted by atomic mass is 35.5. The summed E-state index contributed by atoms with van der Waals surface area (Å²) in [6, 6.07) is 8.43. The number of aliphatic carboxylic acids is 1. The third kappa shape index (κ3) is 5.63. The van der Waals surface area contributed by atoms with Gasteiger partial charge in [0.2, 0.25) is 5.91 Å². The molecular formula is C31H31Cl2F2N3O3. The SMILES string of the molecule is CC(C)(C)CC1NC(C(=O)NC2(C)CC=CC=C2C(=O)O)C(c2cccc(Cl)c2F)C1(C#N)c1ccc(Cl)cc1F. The summed E-state index contributed by atoms with van der Waals surface area (Å²) in [5.41, 5.74) is -3.58. The molecule has 6 nitrogen and oxygen atoms in total. The molecular weight excluding hydrogens is 571 g/mol. The van der Waals surface area contributed by atoms with Gasteiger partial charge >= 0.3 is 5.97 Å². The van der Waals surface area contributed by atoms with Crippen molar-refractivity contribution in [3.63, 3.8) is 0 Å². The van der Waals surface area contributed by atoms with Crippen molar-refractivity contribution in [2.45, 2.75) is 69.5 Å². The summed E-state index contributed by atoms with van der Waals surface area (Å²) >= 11 is 12.2. The third-order valence-corrected chi connectivity index (χ3v) is 8.41. The molecule has 1 amide bonds. The smallest absolute Gasteiger partial charge is 0.333 e. The number of amides is 1. The van der Waals surface area contributed by atoms with E-state index in [1.54, 1.807) is 19.1 Å². The number of allylic oxidation sites excluding steroid dienone is 2. The number of nitrogens with one attached hydrogen (secondary N) is 2. The number of hydrogen-bond donors (Lipinski definition) is 3. The molecule has 5 atom stereocenters. The molecule has 3 N–H and O–H groups in total. The van der Waals surface area contributed by atoms with Gasteiger partial charge in [-0.05, 0) is 55.0 Å². The van der Waals surface area contributed by atoms with Crippen LogP contribution in [0.15, 0.2) is 60.2 Å². The van der Waals surface area contributed by atoms with Crippen LogP contribution in [0, 0.1) is 28.4 Å². The largest absolute Gasteiger partial charge is 0.478 e. The summed E-state index contributed by atoms with van der Waals surface area (Å²) in [7, 11) is 0. The van der Waals surface area contributed by atoms with Gasteiger partial charge in [-0.1, -0.05) is 74.3 Å². The molecule has 5 unspecified atom stereocenters. The van der Waals surface area contributed by atoms with E-state index in [9.17, 15) is 20.0 Å². The van der Waals surface area contributed by atoms with Crippen LogP contribution in [0.4, 0.5) is 8.78 Å². The number of nitrogens with zero attached hydrogens (tertiary/aromatic N) is 1. The van der Waals surface area contributed by atoms with Crippen LogP contribution in [0.2, 0.25) is 10.0 Å². The Morgan fingerprint density at radius 2 is 1.93 bits per heavy atom. The van der Waals surface area contributed by atoms with E-state index in [0.29, 0.717) is 6.42 Å². The van der Waals surface area contributed by atoms with Crippen molar-refractivity contribution >= 4 is 35.1 Å². The molecule has 0 saturated carbocycles. The first-order valence-corrected chi connectivity index (χ1v) is 13.9. The van der Waals surface area contributed by atoms with Gasteiger partial charge in [0.15, 0.2) is 0 Å². The average molecular weight is 603 g/mol. The second-order valence-corrected chi connectivity index (χ2v) is 12.9. The van der Waals surface area contributed by atoms with Gasteiger partial charge in [-0.15, -0.1) is 0 Å². The summed E-state index contributed by atoms with van der Waals surface area (Å²) in [5.74, 6) is -4.72. The van der Waals surface area contributed by atoms with Gasteiger partial charge in [0, 0.05) is 22.5 Å². The van der Waals surface area contributed by atoms with Gasteiger partial charge in [-0.25, -0.2) is 13.6 Å². The van der Waals surface area contributed by atoms with E-state index in [4.69, 9.17) is 23.2 Å². The second-order valence-electron chi connectivity index (χ2n) is 12.0. The van der Waals surface area contributed by atoms with Crippen molar-refractivity contribution in [3.05, 3.63) is 93.0 Å². The predicted octanol–water partition coefficient (Wildman–Crippen LogP) is 6.44. The molecule has 0 spiro atoms. The van der Waals surface area contributed by atoms with Crippen molar-refractivity contribution in [2.24, 2.45) is 5.41 Å². The molecule has 4 rings (SSSR count). The van der Waals surface area contributed by atoms with Crippen LogP contribution in [0.25, 0.3) is 0 Å². The molecule has 41 heavy (non-hydrogen) atoms. The molecule has 216 valence electrons. The molecule has 1 heterocycles. The zero-order valence-corrected chi connectivity index (χ0v) is 24.6. The summed E-state index contributed by atoms with van der Waals surface area (Å²) in [6.07, 6.45) is 5.24. The quantitative estimate of drug-likeness (QED) is 0.353. The van der Waals surface area contributed by atoms with E-state index in [1.165, 1.54) is 36.4 Å². The van der Waals surface area contributed by atoms with Crippen molar-refractivity contribution in [1.82, 2.24) is 10.6 Å². The fraction of sp³-hybridized carbons (Fsp3) is 0.387. The number of carbonyl (C=O) groups excluding carboxylic acids is 1. The fourth-order valence-electron chi connectivity index (χ4n) is 6.09. The minimum absolute atomic E-state index is 0.0293. The molecule has 1 fully saturated rings. The summed E-state index contributed by atoms with van der Waals surface area (Å²) in [6.45, 7) is 7.41. The van der Waals surface area contributed by atoms with Crippen molar-refractivity contribution in [2.75, 3.05) is 0 Å². The molecule has 2 aromatic rings. The Kier molecular flexibility index (Phi) is 8.39. The third-order valence-electron chi connectivity index (χ3n) is 7.88. The van der Waals surface area contributed by atoms with Crippen LogP contribution in [0.3, 0.4) is 0 Å². The van der Waals surface area contributed by atoms with E-state index in [2.05, 4.69) is 16.7 Å². The maximum Gasteiger partial charge on any atom is 0.333 e. The van der Waals surface area contributed by atoms with Crippen LogP contribution >= 0.6 is 23.2 Å². The number of hydrogen-bond acceptors (Lipinski definition) is 4. The van der Waals surface area contributed by atoms with Gasteiger partial charge in [-0.2, -0.15) is 5.26 Å². The Labute approximate surface area is 248 Å². The molecule has 0 bridgehead atoms. The van der Waals surface area contributed by atoms with E-state index >= 15 is 8.78 Å². The Morgan fingerprint density at radius 3 is 2.54 bits per heavy atom. The van der Waals surface area contributed by atoms with E-state index < -0.39 is 57.9 Å². The highest BCUT2D eigenvalue weighted by Crippen LogP contribution is 2.53.